The van der Waals surface area contributed by atoms with Gasteiger partial charge in [-0.3, -0.25) is 4.79 Å². The molecule has 1 saturated heterocycles. The van der Waals surface area contributed by atoms with Gasteiger partial charge in [-0.05, 0) is 61.2 Å². The molecule has 0 N–H and O–H groups in total. The second kappa shape index (κ2) is 8.78. The Bertz CT molecular complexity index is 1030. The fourth-order valence-corrected chi connectivity index (χ4v) is 5.93. The average Bonchev–Trinajstić information content (AvgIpc) is 3.07. The molecule has 0 aliphatic carbocycles. The minimum absolute atomic E-state index is 0.0913. The molecule has 8 heteroatoms. The van der Waals surface area contributed by atoms with E-state index in [9.17, 15) is 13.2 Å². The van der Waals surface area contributed by atoms with Gasteiger partial charge in [0, 0.05) is 35.7 Å². The van der Waals surface area contributed by atoms with Crippen molar-refractivity contribution >= 4 is 37.5 Å². The molecule has 160 valence electrons. The number of anilines is 1. The van der Waals surface area contributed by atoms with Gasteiger partial charge in [-0.25, -0.2) is 8.42 Å². The second-order valence-electron chi connectivity index (χ2n) is 7.75. The number of fused-ring (bicyclic) bond motifs is 1. The molecule has 2 aromatic rings. The van der Waals surface area contributed by atoms with Crippen LogP contribution in [0.1, 0.15) is 24.5 Å². The van der Waals surface area contributed by atoms with Crippen molar-refractivity contribution in [2.45, 2.75) is 37.1 Å². The third-order valence-corrected chi connectivity index (χ3v) is 8.09. The van der Waals surface area contributed by atoms with Crippen LogP contribution in [0.3, 0.4) is 0 Å². The highest BCUT2D eigenvalue weighted by atomic mass is 79.9. The van der Waals surface area contributed by atoms with Gasteiger partial charge in [0.25, 0.3) is 0 Å². The third-order valence-electron chi connectivity index (χ3n) is 5.68. The maximum Gasteiger partial charge on any atom is 0.243 e. The summed E-state index contributed by atoms with van der Waals surface area (Å²) in [5, 5.41) is 0. The van der Waals surface area contributed by atoms with E-state index in [0.29, 0.717) is 39.1 Å². The number of carbonyl (C=O) groups is 1. The topological polar surface area (TPSA) is 66.9 Å². The summed E-state index contributed by atoms with van der Waals surface area (Å²) in [6, 6.07) is 13.1. The lowest BCUT2D eigenvalue weighted by Crippen LogP contribution is -2.40. The summed E-state index contributed by atoms with van der Waals surface area (Å²) in [7, 11) is -3.49. The van der Waals surface area contributed by atoms with Crippen molar-refractivity contribution in [3.05, 3.63) is 58.1 Å². The maximum absolute atomic E-state index is 12.9. The fourth-order valence-electron chi connectivity index (χ4n) is 4.12. The lowest BCUT2D eigenvalue weighted by Gasteiger charge is -2.26. The maximum atomic E-state index is 12.9. The van der Waals surface area contributed by atoms with Crippen LogP contribution in [-0.4, -0.2) is 51.0 Å². The molecular weight excluding hydrogens is 468 g/mol. The lowest BCUT2D eigenvalue weighted by molar-refractivity contribution is -0.118. The molecule has 0 unspecified atom stereocenters. The smallest absolute Gasteiger partial charge is 0.243 e. The number of carbonyl (C=O) groups excluding carboxylic acids is 1. The summed E-state index contributed by atoms with van der Waals surface area (Å²) < 4.78 is 33.2. The van der Waals surface area contributed by atoms with Crippen LogP contribution in [0, 0.1) is 0 Å². The van der Waals surface area contributed by atoms with Crippen LogP contribution in [0.4, 0.5) is 5.69 Å². The number of morpholine rings is 1. The number of amides is 1. The highest BCUT2D eigenvalue weighted by Gasteiger charge is 2.30. The average molecular weight is 493 g/mol. The van der Waals surface area contributed by atoms with E-state index < -0.39 is 10.0 Å². The third kappa shape index (κ3) is 4.32. The van der Waals surface area contributed by atoms with E-state index in [4.69, 9.17) is 4.74 Å². The number of hydrogen-bond donors (Lipinski definition) is 0. The Kier molecular flexibility index (Phi) is 6.29. The Balaban J connectivity index is 1.40. The SMILES string of the molecule is C[C@H]1Cc2cc(Br)ccc2N1C(=O)CCc1ccc(S(=O)(=O)N2CCOCC2)cc1. The Hall–Kier alpha value is -1.74. The zero-order valence-electron chi connectivity index (χ0n) is 16.9. The molecule has 1 fully saturated rings. The number of sulfonamides is 1. The molecule has 2 aromatic carbocycles. The van der Waals surface area contributed by atoms with Crippen LogP contribution in [0.25, 0.3) is 0 Å². The Morgan fingerprint density at radius 1 is 1.13 bits per heavy atom. The lowest BCUT2D eigenvalue weighted by atomic mass is 10.1. The van der Waals surface area contributed by atoms with E-state index in [1.807, 2.05) is 17.0 Å². The monoisotopic (exact) mass is 492 g/mol. The summed E-state index contributed by atoms with van der Waals surface area (Å²) >= 11 is 3.49. The number of rotatable bonds is 5. The first-order valence-corrected chi connectivity index (χ1v) is 12.4. The summed E-state index contributed by atoms with van der Waals surface area (Å²) in [5.41, 5.74) is 3.12. The molecular formula is C22H25BrN2O4S. The normalized spacial score (nSPS) is 19.7. The Morgan fingerprint density at radius 3 is 2.53 bits per heavy atom. The van der Waals surface area contributed by atoms with Crippen molar-refractivity contribution in [1.82, 2.24) is 4.31 Å². The zero-order valence-corrected chi connectivity index (χ0v) is 19.3. The number of aryl methyl sites for hydroxylation is 1. The van der Waals surface area contributed by atoms with Gasteiger partial charge in [0.05, 0.1) is 18.1 Å². The van der Waals surface area contributed by atoms with Crippen LogP contribution in [-0.2, 0) is 32.4 Å². The van der Waals surface area contributed by atoms with Gasteiger partial charge < -0.3 is 9.64 Å². The van der Waals surface area contributed by atoms with Crippen molar-refractivity contribution in [3.63, 3.8) is 0 Å². The molecule has 30 heavy (non-hydrogen) atoms. The van der Waals surface area contributed by atoms with Crippen molar-refractivity contribution in [1.29, 1.82) is 0 Å². The van der Waals surface area contributed by atoms with Crippen LogP contribution in [0.5, 0.6) is 0 Å². The van der Waals surface area contributed by atoms with Crippen molar-refractivity contribution in [2.75, 3.05) is 31.2 Å². The van der Waals surface area contributed by atoms with E-state index in [1.54, 1.807) is 24.3 Å². The predicted molar refractivity (Wildman–Crippen MR) is 119 cm³/mol. The second-order valence-corrected chi connectivity index (χ2v) is 10.6. The van der Waals surface area contributed by atoms with E-state index in [1.165, 1.54) is 9.87 Å². The molecule has 4 rings (SSSR count). The van der Waals surface area contributed by atoms with Crippen LogP contribution < -0.4 is 4.90 Å². The summed E-state index contributed by atoms with van der Waals surface area (Å²) in [6.07, 6.45) is 1.82. The van der Waals surface area contributed by atoms with E-state index in [2.05, 4.69) is 28.9 Å². The highest BCUT2D eigenvalue weighted by molar-refractivity contribution is 9.10. The molecule has 2 aliphatic heterocycles. The number of benzene rings is 2. The molecule has 2 aliphatic rings. The largest absolute Gasteiger partial charge is 0.379 e. The fraction of sp³-hybridized carbons (Fsp3) is 0.409. The predicted octanol–water partition coefficient (Wildman–Crippen LogP) is 3.38. The number of ether oxygens (including phenoxy) is 1. The van der Waals surface area contributed by atoms with Gasteiger partial charge in [0.15, 0.2) is 0 Å². The van der Waals surface area contributed by atoms with Crippen molar-refractivity contribution in [2.24, 2.45) is 0 Å². The van der Waals surface area contributed by atoms with Gasteiger partial charge in [-0.15, -0.1) is 0 Å². The van der Waals surface area contributed by atoms with Gasteiger partial charge in [-0.2, -0.15) is 4.31 Å². The van der Waals surface area contributed by atoms with E-state index in [-0.39, 0.29) is 16.8 Å². The zero-order chi connectivity index (χ0) is 21.3. The van der Waals surface area contributed by atoms with E-state index >= 15 is 0 Å². The molecule has 0 spiro atoms. The van der Waals surface area contributed by atoms with Crippen LogP contribution in [0.2, 0.25) is 0 Å². The van der Waals surface area contributed by atoms with Crippen LogP contribution in [0.15, 0.2) is 51.8 Å². The van der Waals surface area contributed by atoms with Gasteiger partial charge in [0.2, 0.25) is 15.9 Å². The first kappa shape index (κ1) is 21.5. The molecule has 0 radical (unpaired) electrons. The van der Waals surface area contributed by atoms with Crippen LogP contribution >= 0.6 is 15.9 Å². The van der Waals surface area contributed by atoms with Gasteiger partial charge >= 0.3 is 0 Å². The Morgan fingerprint density at radius 2 is 1.83 bits per heavy atom. The van der Waals surface area contributed by atoms with Crippen molar-refractivity contribution in [3.8, 4) is 0 Å². The number of nitrogens with zero attached hydrogens (tertiary/aromatic N) is 2. The Labute approximate surface area is 186 Å². The summed E-state index contributed by atoms with van der Waals surface area (Å²) in [5.74, 6) is 0.0913. The number of hydrogen-bond acceptors (Lipinski definition) is 4. The first-order valence-electron chi connectivity index (χ1n) is 10.1. The van der Waals surface area contributed by atoms with E-state index in [0.717, 1.165) is 22.1 Å². The standard InChI is InChI=1S/C22H25BrN2O4S/c1-16-14-18-15-19(23)5-8-21(18)25(16)22(26)9-4-17-2-6-20(7-3-17)30(27,28)24-10-12-29-13-11-24/h2-3,5-8,15-16H,4,9-14H2,1H3/t16-/m0/s1. The summed E-state index contributed by atoms with van der Waals surface area (Å²) in [6.45, 7) is 3.68. The molecule has 1 amide bonds. The molecule has 2 heterocycles. The highest BCUT2D eigenvalue weighted by Crippen LogP contribution is 2.34. The summed E-state index contributed by atoms with van der Waals surface area (Å²) in [4.78, 5) is 15.1. The minimum Gasteiger partial charge on any atom is -0.379 e. The quantitative estimate of drug-likeness (QED) is 0.641. The first-order chi connectivity index (χ1) is 14.4. The molecule has 0 bridgehead atoms. The minimum atomic E-state index is -3.49. The van der Waals surface area contributed by atoms with Gasteiger partial charge in [0.1, 0.15) is 0 Å². The molecule has 1 atom stereocenters. The molecule has 6 nitrogen and oxygen atoms in total. The molecule has 0 saturated carbocycles. The number of halogens is 1. The van der Waals surface area contributed by atoms with Crippen molar-refractivity contribution < 1.29 is 17.9 Å². The van der Waals surface area contributed by atoms with Gasteiger partial charge in [-0.1, -0.05) is 28.1 Å². The molecule has 0 aromatic heterocycles.